The van der Waals surface area contributed by atoms with Crippen LogP contribution in [-0.2, 0) is 27.2 Å². The number of fused-ring (bicyclic) bond motifs is 6. The Hall–Kier alpha value is -2.59. The molecule has 0 bridgehead atoms. The topological polar surface area (TPSA) is 38.8 Å². The molecule has 1 aliphatic carbocycles. The van der Waals surface area contributed by atoms with Gasteiger partial charge in [-0.1, -0.05) is 48.5 Å². The molecular formula is C24H25NO3. The molecule has 2 aliphatic heterocycles. The summed E-state index contributed by atoms with van der Waals surface area (Å²) < 4.78 is 5.40. The minimum atomic E-state index is -0.758. The van der Waals surface area contributed by atoms with Crippen molar-refractivity contribution >= 4 is 17.3 Å². The van der Waals surface area contributed by atoms with Crippen molar-refractivity contribution < 1.29 is 14.4 Å². The first kappa shape index (κ1) is 17.5. The maximum absolute atomic E-state index is 12.8. The average Bonchev–Trinajstić information content (AvgIpc) is 3.24. The lowest BCUT2D eigenvalue weighted by atomic mass is 9.85. The number of ether oxygens (including phenoxy) is 1. The van der Waals surface area contributed by atoms with E-state index in [1.165, 1.54) is 22.3 Å². The molecule has 0 aromatic heterocycles. The Labute approximate surface area is 165 Å². The molecule has 2 heterocycles. The molecule has 5 rings (SSSR count). The van der Waals surface area contributed by atoms with Gasteiger partial charge in [0.2, 0.25) is 0 Å². The lowest BCUT2D eigenvalue weighted by molar-refractivity contribution is -0.184. The van der Waals surface area contributed by atoms with Crippen LogP contribution in [0.15, 0.2) is 48.5 Å². The van der Waals surface area contributed by atoms with Gasteiger partial charge in [-0.05, 0) is 56.2 Å². The number of hydroxylamine groups is 2. The van der Waals surface area contributed by atoms with Gasteiger partial charge in [-0.25, -0.2) is 4.79 Å². The van der Waals surface area contributed by atoms with Crippen LogP contribution >= 0.6 is 0 Å². The Bertz CT molecular complexity index is 979. The molecule has 3 aliphatic rings. The van der Waals surface area contributed by atoms with Crippen LogP contribution in [0, 0.1) is 0 Å². The zero-order valence-corrected chi connectivity index (χ0v) is 16.4. The van der Waals surface area contributed by atoms with Crippen molar-refractivity contribution in [3.05, 3.63) is 70.8 Å². The third-order valence-electron chi connectivity index (χ3n) is 6.39. The highest BCUT2D eigenvalue weighted by Gasteiger charge is 2.56. The van der Waals surface area contributed by atoms with E-state index in [0.29, 0.717) is 6.61 Å². The number of esters is 1. The second-order valence-corrected chi connectivity index (χ2v) is 8.02. The molecule has 4 nitrogen and oxygen atoms in total. The van der Waals surface area contributed by atoms with Crippen LogP contribution in [0.4, 0.5) is 0 Å². The van der Waals surface area contributed by atoms with Gasteiger partial charge in [0, 0.05) is 11.1 Å². The minimum absolute atomic E-state index is 0.0664. The summed E-state index contributed by atoms with van der Waals surface area (Å²) in [6.07, 6.45) is 3.60. The van der Waals surface area contributed by atoms with Gasteiger partial charge in [-0.15, -0.1) is 5.06 Å². The maximum Gasteiger partial charge on any atom is 0.329 e. The van der Waals surface area contributed by atoms with E-state index in [2.05, 4.69) is 48.5 Å². The van der Waals surface area contributed by atoms with Gasteiger partial charge >= 0.3 is 5.97 Å². The summed E-state index contributed by atoms with van der Waals surface area (Å²) in [4.78, 5) is 19.3. The van der Waals surface area contributed by atoms with Crippen molar-refractivity contribution in [2.75, 3.05) is 6.61 Å². The highest BCUT2D eigenvalue weighted by atomic mass is 16.7. The van der Waals surface area contributed by atoms with Crippen molar-refractivity contribution in [1.29, 1.82) is 0 Å². The van der Waals surface area contributed by atoms with Crippen LogP contribution in [-0.4, -0.2) is 29.2 Å². The molecule has 2 atom stereocenters. The molecule has 0 spiro atoms. The van der Waals surface area contributed by atoms with Gasteiger partial charge in [0.05, 0.1) is 12.6 Å². The molecule has 144 valence electrons. The third-order valence-corrected chi connectivity index (χ3v) is 6.39. The third kappa shape index (κ3) is 2.44. The molecule has 2 aromatic carbocycles. The number of rotatable bonds is 2. The number of hydrogen-bond donors (Lipinski definition) is 0. The largest absolute Gasteiger partial charge is 0.465 e. The Morgan fingerprint density at radius 3 is 2.46 bits per heavy atom. The Balaban J connectivity index is 1.67. The second kappa shape index (κ2) is 6.49. The molecular weight excluding hydrogens is 350 g/mol. The summed E-state index contributed by atoms with van der Waals surface area (Å²) in [7, 11) is 0. The van der Waals surface area contributed by atoms with Crippen molar-refractivity contribution in [1.82, 2.24) is 5.06 Å². The first-order valence-corrected chi connectivity index (χ1v) is 10.2. The van der Waals surface area contributed by atoms with Gasteiger partial charge in [0.15, 0.2) is 11.3 Å². The van der Waals surface area contributed by atoms with Gasteiger partial charge in [-0.3, -0.25) is 0 Å². The van der Waals surface area contributed by atoms with Crippen LogP contribution in [0.2, 0.25) is 0 Å². The van der Waals surface area contributed by atoms with Crippen LogP contribution in [0.3, 0.4) is 0 Å². The van der Waals surface area contributed by atoms with Crippen molar-refractivity contribution in [3.8, 4) is 0 Å². The molecule has 28 heavy (non-hydrogen) atoms. The van der Waals surface area contributed by atoms with Crippen LogP contribution in [0.1, 0.15) is 48.9 Å². The number of benzene rings is 2. The highest BCUT2D eigenvalue weighted by molar-refractivity contribution is 5.95. The van der Waals surface area contributed by atoms with E-state index in [0.717, 1.165) is 37.0 Å². The summed E-state index contributed by atoms with van der Waals surface area (Å²) >= 11 is 0. The van der Waals surface area contributed by atoms with Gasteiger partial charge in [-0.2, -0.15) is 0 Å². The summed E-state index contributed by atoms with van der Waals surface area (Å²) in [6.45, 7) is 4.18. The van der Waals surface area contributed by atoms with E-state index >= 15 is 0 Å². The van der Waals surface area contributed by atoms with E-state index in [1.807, 2.05) is 18.9 Å². The number of carbonyl (C=O) groups is 1. The molecule has 0 amide bonds. The maximum atomic E-state index is 12.8. The fraction of sp³-hybridized carbons (Fsp3) is 0.375. The minimum Gasteiger partial charge on any atom is -0.465 e. The highest BCUT2D eigenvalue weighted by Crippen LogP contribution is 2.51. The summed E-state index contributed by atoms with van der Waals surface area (Å²) in [5.41, 5.74) is 5.50. The molecule has 4 heteroatoms. The predicted octanol–water partition coefficient (Wildman–Crippen LogP) is 4.38. The van der Waals surface area contributed by atoms with Crippen LogP contribution < -0.4 is 0 Å². The number of hydrogen-bond acceptors (Lipinski definition) is 4. The molecule has 0 radical (unpaired) electrons. The zero-order chi connectivity index (χ0) is 19.3. The van der Waals surface area contributed by atoms with E-state index < -0.39 is 5.54 Å². The van der Waals surface area contributed by atoms with Gasteiger partial charge in [0.1, 0.15) is 0 Å². The second-order valence-electron chi connectivity index (χ2n) is 8.02. The van der Waals surface area contributed by atoms with E-state index in [9.17, 15) is 4.79 Å². The molecule has 1 saturated heterocycles. The smallest absolute Gasteiger partial charge is 0.329 e. The fourth-order valence-corrected chi connectivity index (χ4v) is 4.92. The van der Waals surface area contributed by atoms with E-state index in [-0.39, 0.29) is 12.0 Å². The van der Waals surface area contributed by atoms with Gasteiger partial charge in [0.25, 0.3) is 0 Å². The first-order chi connectivity index (χ1) is 13.6. The zero-order valence-electron chi connectivity index (χ0n) is 16.4. The lowest BCUT2D eigenvalue weighted by Gasteiger charge is -2.31. The van der Waals surface area contributed by atoms with Crippen LogP contribution in [0.5, 0.6) is 0 Å². The quantitative estimate of drug-likeness (QED) is 0.730. The Kier molecular flexibility index (Phi) is 4.06. The summed E-state index contributed by atoms with van der Waals surface area (Å²) in [5, 5.41) is 1.91. The van der Waals surface area contributed by atoms with Gasteiger partial charge < -0.3 is 9.57 Å². The predicted molar refractivity (Wildman–Crippen MR) is 108 cm³/mol. The van der Waals surface area contributed by atoms with Crippen LogP contribution in [0.25, 0.3) is 11.3 Å². The number of carbonyl (C=O) groups excluding carboxylic acids is 1. The summed E-state index contributed by atoms with van der Waals surface area (Å²) in [6, 6.07) is 17.2. The molecule has 0 saturated carbocycles. The molecule has 0 N–H and O–H groups in total. The van der Waals surface area contributed by atoms with Crippen molar-refractivity contribution in [3.63, 3.8) is 0 Å². The number of nitrogens with zero attached hydrogens (tertiary/aromatic N) is 1. The molecule has 2 aromatic rings. The molecule has 2 unspecified atom stereocenters. The standard InChI is InChI=1S/C24H25NO3/c1-3-27-23(26)24(2)15-14-20-21-18-10-6-4-8-16(18)12-13-17-9-5-7-11-19(17)22(21)28-25(20)24/h4-11,20H,3,12-15H2,1-2H3. The Morgan fingerprint density at radius 1 is 1.11 bits per heavy atom. The molecule has 1 fully saturated rings. The first-order valence-electron chi connectivity index (χ1n) is 10.2. The fourth-order valence-electron chi connectivity index (χ4n) is 4.92. The normalized spacial score (nSPS) is 25.7. The van der Waals surface area contributed by atoms with Crippen molar-refractivity contribution in [2.45, 2.75) is 51.1 Å². The van der Waals surface area contributed by atoms with Crippen molar-refractivity contribution in [2.24, 2.45) is 0 Å². The van der Waals surface area contributed by atoms with E-state index in [1.54, 1.807) is 0 Å². The summed E-state index contributed by atoms with van der Waals surface area (Å²) in [5.74, 6) is 0.706. The average molecular weight is 375 g/mol. The monoisotopic (exact) mass is 375 g/mol. The Morgan fingerprint density at radius 2 is 1.75 bits per heavy atom. The van der Waals surface area contributed by atoms with E-state index in [4.69, 9.17) is 9.57 Å². The number of aryl methyl sites for hydroxylation is 2. The SMILES string of the molecule is CCOC(=O)C1(C)CCC2C3=C(ON21)c1ccccc1CCc1ccccc13. The lowest BCUT2D eigenvalue weighted by Crippen LogP contribution is -2.49.